The summed E-state index contributed by atoms with van der Waals surface area (Å²) in [5.74, 6) is 0.409. The van der Waals surface area contributed by atoms with E-state index in [0.29, 0.717) is 15.7 Å². The first-order valence-corrected chi connectivity index (χ1v) is 9.25. The van der Waals surface area contributed by atoms with Gasteiger partial charge in [0.25, 0.3) is 0 Å². The van der Waals surface area contributed by atoms with Gasteiger partial charge in [-0.05, 0) is 44.3 Å². The molecule has 4 nitrogen and oxygen atoms in total. The average molecular weight is 367 g/mol. The Balaban J connectivity index is 0.00000208. The Morgan fingerprint density at radius 3 is 1.88 bits per heavy atom. The van der Waals surface area contributed by atoms with Crippen molar-refractivity contribution in [2.45, 2.75) is 16.7 Å². The van der Waals surface area contributed by atoms with E-state index < -0.39 is 9.84 Å². The molecule has 1 aliphatic heterocycles. The molecule has 6 heteroatoms. The topological polar surface area (TPSA) is 40.6 Å². The fourth-order valence-electron chi connectivity index (χ4n) is 3.25. The van der Waals surface area contributed by atoms with Gasteiger partial charge in [0, 0.05) is 13.1 Å². The van der Waals surface area contributed by atoms with Crippen LogP contribution in [0.3, 0.4) is 0 Å². The maximum Gasteiger partial charge on any atom is 0.210 e. The first-order chi connectivity index (χ1) is 10.9. The Labute approximate surface area is 150 Å². The van der Waals surface area contributed by atoms with Crippen molar-refractivity contribution in [2.75, 3.05) is 32.1 Å². The maximum absolute atomic E-state index is 12.9. The third kappa shape index (κ3) is 3.29. The molecule has 0 radical (unpaired) electrons. The summed E-state index contributed by atoms with van der Waals surface area (Å²) in [5, 5.41) is 0. The van der Waals surface area contributed by atoms with Crippen LogP contribution in [-0.2, 0) is 9.84 Å². The third-order valence-corrected chi connectivity index (χ3v) is 5.91. The number of hydrogen-bond donors (Lipinski definition) is 0. The van der Waals surface area contributed by atoms with E-state index in [4.69, 9.17) is 0 Å². The van der Waals surface area contributed by atoms with Crippen molar-refractivity contribution in [3.05, 3.63) is 48.5 Å². The highest BCUT2D eigenvalue weighted by Crippen LogP contribution is 2.43. The van der Waals surface area contributed by atoms with Gasteiger partial charge in [-0.3, -0.25) is 0 Å². The number of nitrogens with zero attached hydrogens (tertiary/aromatic N) is 2. The van der Waals surface area contributed by atoms with Crippen LogP contribution in [0.25, 0.3) is 0 Å². The second kappa shape index (κ2) is 7.13. The predicted octanol–water partition coefficient (Wildman–Crippen LogP) is 3.59. The lowest BCUT2D eigenvalue weighted by Crippen LogP contribution is -2.33. The minimum atomic E-state index is -3.45. The summed E-state index contributed by atoms with van der Waals surface area (Å²) in [4.78, 5) is 5.09. The van der Waals surface area contributed by atoms with E-state index in [1.807, 2.05) is 24.3 Å². The fraction of sp³-hybridized carbons (Fsp3) is 0.333. The minimum absolute atomic E-state index is 0. The Hall–Kier alpha value is -1.56. The molecular formula is C18H23ClN2O2S. The van der Waals surface area contributed by atoms with Crippen LogP contribution in [-0.4, -0.2) is 40.5 Å². The number of rotatable bonds is 4. The second-order valence-corrected chi connectivity index (χ2v) is 8.30. The van der Waals surface area contributed by atoms with Crippen molar-refractivity contribution >= 4 is 33.6 Å². The van der Waals surface area contributed by atoms with Gasteiger partial charge in [0.15, 0.2) is 0 Å². The van der Waals surface area contributed by atoms with Crippen LogP contribution < -0.4 is 4.90 Å². The van der Waals surface area contributed by atoms with Crippen LogP contribution in [0.15, 0.2) is 58.3 Å². The van der Waals surface area contributed by atoms with Crippen LogP contribution >= 0.6 is 12.4 Å². The molecule has 1 atom stereocenters. The van der Waals surface area contributed by atoms with E-state index in [0.717, 1.165) is 24.5 Å². The molecule has 1 heterocycles. The van der Waals surface area contributed by atoms with Crippen molar-refractivity contribution in [2.24, 2.45) is 5.92 Å². The van der Waals surface area contributed by atoms with Crippen molar-refractivity contribution in [3.8, 4) is 0 Å². The summed E-state index contributed by atoms with van der Waals surface area (Å²) >= 11 is 0. The molecule has 130 valence electrons. The Morgan fingerprint density at radius 2 is 1.42 bits per heavy atom. The van der Waals surface area contributed by atoms with Gasteiger partial charge in [0.2, 0.25) is 9.84 Å². The highest BCUT2D eigenvalue weighted by atomic mass is 35.5. The molecule has 1 unspecified atom stereocenters. The maximum atomic E-state index is 12.9. The van der Waals surface area contributed by atoms with E-state index in [9.17, 15) is 8.42 Å². The summed E-state index contributed by atoms with van der Waals surface area (Å²) in [6.45, 7) is 3.92. The Bertz CT molecular complexity index is 768. The number of halogens is 1. The van der Waals surface area contributed by atoms with Crippen LogP contribution in [0, 0.1) is 5.92 Å². The van der Waals surface area contributed by atoms with Crippen LogP contribution in [0.5, 0.6) is 0 Å². The van der Waals surface area contributed by atoms with Gasteiger partial charge in [-0.1, -0.05) is 31.2 Å². The predicted molar refractivity (Wildman–Crippen MR) is 100 cm³/mol. The van der Waals surface area contributed by atoms with Gasteiger partial charge >= 0.3 is 0 Å². The molecular weight excluding hydrogens is 344 g/mol. The molecule has 0 saturated carbocycles. The molecule has 0 aliphatic carbocycles. The third-order valence-electron chi connectivity index (χ3n) is 4.06. The van der Waals surface area contributed by atoms with Gasteiger partial charge in [-0.25, -0.2) is 8.42 Å². The lowest BCUT2D eigenvalue weighted by molar-refractivity contribution is 0.342. The highest BCUT2D eigenvalue weighted by molar-refractivity contribution is 7.92. The average Bonchev–Trinajstić information content (AvgIpc) is 2.51. The van der Waals surface area contributed by atoms with E-state index in [2.05, 4.69) is 30.8 Å². The van der Waals surface area contributed by atoms with Crippen molar-refractivity contribution in [1.29, 1.82) is 0 Å². The lowest BCUT2D eigenvalue weighted by Gasteiger charge is -2.35. The first kappa shape index (κ1) is 18.8. The number of anilines is 2. The van der Waals surface area contributed by atoms with Crippen molar-refractivity contribution in [3.63, 3.8) is 0 Å². The van der Waals surface area contributed by atoms with Crippen LogP contribution in [0.2, 0.25) is 0 Å². The van der Waals surface area contributed by atoms with Gasteiger partial charge in [0.1, 0.15) is 0 Å². The van der Waals surface area contributed by atoms with Gasteiger partial charge in [-0.15, -0.1) is 12.4 Å². The molecule has 24 heavy (non-hydrogen) atoms. The lowest BCUT2D eigenvalue weighted by atomic mass is 10.1. The summed E-state index contributed by atoms with van der Waals surface area (Å²) in [6, 6.07) is 14.5. The van der Waals surface area contributed by atoms with Crippen molar-refractivity contribution in [1.82, 2.24) is 4.90 Å². The molecule has 0 saturated heterocycles. The quantitative estimate of drug-likeness (QED) is 0.829. The number of para-hydroxylation sites is 2. The SMILES string of the molecule is CC(CN(C)C)CN1c2ccccc2S(=O)(=O)c2ccccc21.Cl. The molecule has 1 aliphatic rings. The standard InChI is InChI=1S/C18H22N2O2S.ClH/c1-14(12-19(2)3)13-20-15-8-4-6-10-17(15)23(21,22)18-11-7-5-9-16(18)20;/h4-11,14H,12-13H2,1-3H3;1H. The molecule has 0 N–H and O–H groups in total. The number of hydrogen-bond acceptors (Lipinski definition) is 4. The zero-order valence-electron chi connectivity index (χ0n) is 14.1. The summed E-state index contributed by atoms with van der Waals surface area (Å²) in [5.41, 5.74) is 1.55. The molecule has 2 aromatic rings. The summed E-state index contributed by atoms with van der Waals surface area (Å²) in [7, 11) is 0.664. The van der Waals surface area contributed by atoms with E-state index in [1.54, 1.807) is 24.3 Å². The smallest absolute Gasteiger partial charge is 0.210 e. The number of fused-ring (bicyclic) bond motifs is 2. The van der Waals surface area contributed by atoms with Crippen LogP contribution in [0.4, 0.5) is 11.4 Å². The molecule has 0 spiro atoms. The Morgan fingerprint density at radius 1 is 0.958 bits per heavy atom. The molecule has 0 fully saturated rings. The molecule has 0 amide bonds. The number of benzene rings is 2. The minimum Gasteiger partial charge on any atom is -0.339 e. The molecule has 3 rings (SSSR count). The molecule has 0 bridgehead atoms. The van der Waals surface area contributed by atoms with Gasteiger partial charge in [0.05, 0.1) is 21.2 Å². The monoisotopic (exact) mass is 366 g/mol. The summed E-state index contributed by atoms with van der Waals surface area (Å²) in [6.07, 6.45) is 0. The summed E-state index contributed by atoms with van der Waals surface area (Å²) < 4.78 is 25.7. The van der Waals surface area contributed by atoms with Gasteiger partial charge in [-0.2, -0.15) is 0 Å². The first-order valence-electron chi connectivity index (χ1n) is 7.76. The molecule has 0 aromatic heterocycles. The molecule has 2 aromatic carbocycles. The van der Waals surface area contributed by atoms with E-state index >= 15 is 0 Å². The van der Waals surface area contributed by atoms with E-state index in [-0.39, 0.29) is 12.4 Å². The Kier molecular flexibility index (Phi) is 5.58. The largest absolute Gasteiger partial charge is 0.339 e. The zero-order chi connectivity index (χ0) is 16.6. The fourth-order valence-corrected chi connectivity index (χ4v) is 4.91. The normalized spacial score (nSPS) is 16.1. The van der Waals surface area contributed by atoms with E-state index in [1.165, 1.54) is 0 Å². The highest BCUT2D eigenvalue weighted by Gasteiger charge is 2.33. The zero-order valence-corrected chi connectivity index (χ0v) is 15.8. The number of sulfone groups is 1. The van der Waals surface area contributed by atoms with Crippen LogP contribution in [0.1, 0.15) is 6.92 Å². The second-order valence-electron chi connectivity index (χ2n) is 6.42. The van der Waals surface area contributed by atoms with Crippen molar-refractivity contribution < 1.29 is 8.42 Å². The van der Waals surface area contributed by atoms with Gasteiger partial charge < -0.3 is 9.80 Å².